The van der Waals surface area contributed by atoms with E-state index in [0.717, 1.165) is 21.9 Å². The van der Waals surface area contributed by atoms with Gasteiger partial charge in [0.25, 0.3) is 5.91 Å². The molecule has 1 N–H and O–H groups in total. The number of fused-ring (bicyclic) bond motifs is 1. The van der Waals surface area contributed by atoms with E-state index in [1.165, 1.54) is 0 Å². The number of hydrogen-bond donors (Lipinski definition) is 1. The molecule has 0 aliphatic rings. The number of amides is 1. The third-order valence-electron chi connectivity index (χ3n) is 3.62. The molecule has 0 atom stereocenters. The van der Waals surface area contributed by atoms with Gasteiger partial charge in [-0.15, -0.1) is 11.3 Å². The van der Waals surface area contributed by atoms with Crippen LogP contribution in [0.2, 0.25) is 0 Å². The molecule has 3 aromatic rings. The van der Waals surface area contributed by atoms with Crippen LogP contribution in [-0.2, 0) is 0 Å². The highest BCUT2D eigenvalue weighted by molar-refractivity contribution is 7.10. The summed E-state index contributed by atoms with van der Waals surface area (Å²) in [7, 11) is 0. The maximum Gasteiger partial charge on any atom is 0.253 e. The van der Waals surface area contributed by atoms with Gasteiger partial charge in [-0.2, -0.15) is 0 Å². The van der Waals surface area contributed by atoms with Crippen molar-refractivity contribution in [1.29, 1.82) is 0 Å². The molecule has 3 rings (SSSR count). The Balaban J connectivity index is 2.12. The van der Waals surface area contributed by atoms with Crippen molar-refractivity contribution in [1.82, 2.24) is 14.7 Å². The van der Waals surface area contributed by atoms with Gasteiger partial charge in [0.2, 0.25) is 0 Å². The molecule has 0 radical (unpaired) electrons. The SMILES string of the molecule is CC(C)NC(=O)c1cc(-c2csc(C(C)C)n2)n2ccccc12. The van der Waals surface area contributed by atoms with Crippen LogP contribution in [0.4, 0.5) is 0 Å². The average Bonchev–Trinajstić information content (AvgIpc) is 3.11. The summed E-state index contributed by atoms with van der Waals surface area (Å²) in [5, 5.41) is 6.14. The Morgan fingerprint density at radius 2 is 2.04 bits per heavy atom. The lowest BCUT2D eigenvalue weighted by Gasteiger charge is -2.07. The minimum atomic E-state index is -0.0470. The fourth-order valence-electron chi connectivity index (χ4n) is 2.54. The van der Waals surface area contributed by atoms with Crippen LogP contribution >= 0.6 is 11.3 Å². The molecule has 23 heavy (non-hydrogen) atoms. The first-order valence-electron chi connectivity index (χ1n) is 7.84. The first-order chi connectivity index (χ1) is 11.0. The van der Waals surface area contributed by atoms with Gasteiger partial charge < -0.3 is 9.72 Å². The molecule has 120 valence electrons. The van der Waals surface area contributed by atoms with E-state index in [1.807, 2.05) is 48.7 Å². The first kappa shape index (κ1) is 15.7. The Kier molecular flexibility index (Phi) is 4.22. The number of pyridine rings is 1. The highest BCUT2D eigenvalue weighted by Gasteiger charge is 2.18. The smallest absolute Gasteiger partial charge is 0.253 e. The predicted molar refractivity (Wildman–Crippen MR) is 95.2 cm³/mol. The van der Waals surface area contributed by atoms with E-state index in [9.17, 15) is 4.79 Å². The lowest BCUT2D eigenvalue weighted by atomic mass is 10.2. The lowest BCUT2D eigenvalue weighted by Crippen LogP contribution is -2.29. The van der Waals surface area contributed by atoms with Crippen LogP contribution in [0, 0.1) is 0 Å². The molecular weight excluding hydrogens is 306 g/mol. The highest BCUT2D eigenvalue weighted by Crippen LogP contribution is 2.29. The summed E-state index contributed by atoms with van der Waals surface area (Å²) >= 11 is 1.66. The number of carbonyl (C=O) groups excluding carboxylic acids is 1. The summed E-state index contributed by atoms with van der Waals surface area (Å²) in [6.07, 6.45) is 1.98. The molecule has 0 aliphatic heterocycles. The summed E-state index contributed by atoms with van der Waals surface area (Å²) < 4.78 is 2.04. The second-order valence-electron chi connectivity index (χ2n) is 6.25. The number of rotatable bonds is 4. The van der Waals surface area contributed by atoms with Gasteiger partial charge >= 0.3 is 0 Å². The van der Waals surface area contributed by atoms with Crippen LogP contribution < -0.4 is 5.32 Å². The molecule has 0 spiro atoms. The summed E-state index contributed by atoms with van der Waals surface area (Å²) in [5.74, 6) is 0.359. The van der Waals surface area contributed by atoms with Gasteiger partial charge in [-0.05, 0) is 32.0 Å². The van der Waals surface area contributed by atoms with E-state index < -0.39 is 0 Å². The van der Waals surface area contributed by atoms with Crippen LogP contribution in [0.15, 0.2) is 35.8 Å². The van der Waals surface area contributed by atoms with Crippen LogP contribution in [0.1, 0.15) is 49.0 Å². The van der Waals surface area contributed by atoms with E-state index in [-0.39, 0.29) is 11.9 Å². The van der Waals surface area contributed by atoms with E-state index in [4.69, 9.17) is 4.98 Å². The average molecular weight is 327 g/mol. The molecular formula is C18H21N3OS. The number of hydrogen-bond acceptors (Lipinski definition) is 3. The topological polar surface area (TPSA) is 46.4 Å². The zero-order valence-electron chi connectivity index (χ0n) is 13.8. The van der Waals surface area contributed by atoms with E-state index >= 15 is 0 Å². The van der Waals surface area contributed by atoms with Crippen molar-refractivity contribution in [3.8, 4) is 11.4 Å². The van der Waals surface area contributed by atoms with Crippen molar-refractivity contribution in [2.24, 2.45) is 0 Å². The van der Waals surface area contributed by atoms with Crippen LogP contribution in [0.5, 0.6) is 0 Å². The van der Waals surface area contributed by atoms with Gasteiger partial charge in [-0.3, -0.25) is 4.79 Å². The molecule has 4 nitrogen and oxygen atoms in total. The highest BCUT2D eigenvalue weighted by atomic mass is 32.1. The largest absolute Gasteiger partial charge is 0.350 e. The molecule has 3 aromatic heterocycles. The standard InChI is InChI=1S/C18H21N3OS/c1-11(2)18-20-14(10-23-18)16-9-13(17(22)19-12(3)4)15-7-5-6-8-21(15)16/h5-12H,1-4H3,(H,19,22). The number of nitrogens with one attached hydrogen (secondary N) is 1. The molecule has 0 aliphatic carbocycles. The number of nitrogens with zero attached hydrogens (tertiary/aromatic N) is 2. The summed E-state index contributed by atoms with van der Waals surface area (Å²) in [5.41, 5.74) is 3.47. The number of aromatic nitrogens is 2. The normalized spacial score (nSPS) is 11.6. The minimum Gasteiger partial charge on any atom is -0.350 e. The van der Waals surface area contributed by atoms with Gasteiger partial charge in [0, 0.05) is 23.5 Å². The van der Waals surface area contributed by atoms with E-state index in [0.29, 0.717) is 11.5 Å². The minimum absolute atomic E-state index is 0.0470. The molecule has 0 aromatic carbocycles. The van der Waals surface area contributed by atoms with Gasteiger partial charge in [0.15, 0.2) is 0 Å². The molecule has 0 bridgehead atoms. The maximum absolute atomic E-state index is 12.5. The van der Waals surface area contributed by atoms with Crippen LogP contribution in [0.25, 0.3) is 16.9 Å². The predicted octanol–water partition coefficient (Wildman–Crippen LogP) is 4.32. The van der Waals surface area contributed by atoms with Crippen LogP contribution in [0.3, 0.4) is 0 Å². The summed E-state index contributed by atoms with van der Waals surface area (Å²) in [6, 6.07) is 7.93. The first-order valence-corrected chi connectivity index (χ1v) is 8.72. The number of thiazole rings is 1. The van der Waals surface area contributed by atoms with Crippen molar-refractivity contribution >= 4 is 22.8 Å². The van der Waals surface area contributed by atoms with E-state index in [2.05, 4.69) is 24.5 Å². The lowest BCUT2D eigenvalue weighted by molar-refractivity contribution is 0.0945. The third kappa shape index (κ3) is 3.01. The third-order valence-corrected chi connectivity index (χ3v) is 4.76. The summed E-state index contributed by atoms with van der Waals surface area (Å²) in [4.78, 5) is 17.2. The van der Waals surface area contributed by atoms with Crippen molar-refractivity contribution < 1.29 is 4.79 Å². The molecule has 1 amide bonds. The fraction of sp³-hybridized carbons (Fsp3) is 0.333. The number of carbonyl (C=O) groups is 1. The summed E-state index contributed by atoms with van der Waals surface area (Å²) in [6.45, 7) is 8.21. The van der Waals surface area contributed by atoms with Crippen molar-refractivity contribution in [2.45, 2.75) is 39.7 Å². The molecule has 0 unspecified atom stereocenters. The van der Waals surface area contributed by atoms with Gasteiger partial charge in [-0.1, -0.05) is 19.9 Å². The maximum atomic E-state index is 12.5. The quantitative estimate of drug-likeness (QED) is 0.775. The second kappa shape index (κ2) is 6.16. The molecule has 0 saturated carbocycles. The second-order valence-corrected chi connectivity index (χ2v) is 7.14. The Hall–Kier alpha value is -2.14. The van der Waals surface area contributed by atoms with Crippen molar-refractivity contribution in [3.05, 3.63) is 46.4 Å². The van der Waals surface area contributed by atoms with Gasteiger partial charge in [0.1, 0.15) is 0 Å². The van der Waals surface area contributed by atoms with E-state index in [1.54, 1.807) is 11.3 Å². The Bertz CT molecular complexity index is 845. The van der Waals surface area contributed by atoms with Crippen molar-refractivity contribution in [2.75, 3.05) is 0 Å². The van der Waals surface area contributed by atoms with Gasteiger partial charge in [0.05, 0.1) is 27.5 Å². The molecule has 0 fully saturated rings. The Labute approximate surface area is 140 Å². The molecule has 0 saturated heterocycles. The Morgan fingerprint density at radius 1 is 1.26 bits per heavy atom. The monoisotopic (exact) mass is 327 g/mol. The van der Waals surface area contributed by atoms with Crippen molar-refractivity contribution in [3.63, 3.8) is 0 Å². The molecule has 3 heterocycles. The zero-order valence-corrected chi connectivity index (χ0v) is 14.6. The Morgan fingerprint density at radius 3 is 2.70 bits per heavy atom. The van der Waals surface area contributed by atoms with Crippen LogP contribution in [-0.4, -0.2) is 21.3 Å². The molecule has 5 heteroatoms. The fourth-order valence-corrected chi connectivity index (χ4v) is 3.37. The van der Waals surface area contributed by atoms with Gasteiger partial charge in [-0.25, -0.2) is 4.98 Å². The zero-order chi connectivity index (χ0) is 16.6.